The van der Waals surface area contributed by atoms with Crippen molar-refractivity contribution in [2.24, 2.45) is 0 Å². The molecule has 8 nitrogen and oxygen atoms in total. The second-order valence-corrected chi connectivity index (χ2v) is 8.89. The van der Waals surface area contributed by atoms with E-state index >= 15 is 0 Å². The number of hydrogen-bond donors (Lipinski definition) is 2. The molecule has 182 valence electrons. The molecule has 2 N–H and O–H groups in total. The average Bonchev–Trinajstić information content (AvgIpc) is 3.61. The maximum Gasteiger partial charge on any atom is 0.155 e. The van der Waals surface area contributed by atoms with E-state index in [4.69, 9.17) is 4.74 Å². The summed E-state index contributed by atoms with van der Waals surface area (Å²) in [6, 6.07) is 24.0. The zero-order valence-corrected chi connectivity index (χ0v) is 20.2. The lowest BCUT2D eigenvalue weighted by molar-refractivity contribution is 0.305. The second kappa shape index (κ2) is 9.25. The standard InChI is InChI=1S/C30H21N7O/c1-2-6-19(7-3-1)18-38-22-12-20(15-31-17-22)21-13-25-28(36-37-30(25)34-16-21)27-14-24-23(9-11-33-29(24)35-27)26-8-4-5-10-32-26/h1-17H,18H2,(H,33,35)(H,34,36,37). The number of ether oxygens (including phenoxy) is 1. The van der Waals surface area contributed by atoms with Crippen LogP contribution in [0, 0.1) is 0 Å². The van der Waals surface area contributed by atoms with Gasteiger partial charge in [0.25, 0.3) is 0 Å². The molecule has 7 rings (SSSR count). The van der Waals surface area contributed by atoms with Gasteiger partial charge in [0.05, 0.1) is 17.6 Å². The van der Waals surface area contributed by atoms with E-state index in [9.17, 15) is 0 Å². The third kappa shape index (κ3) is 4.04. The van der Waals surface area contributed by atoms with Crippen molar-refractivity contribution < 1.29 is 4.74 Å². The van der Waals surface area contributed by atoms with Gasteiger partial charge in [-0.15, -0.1) is 0 Å². The zero-order valence-electron chi connectivity index (χ0n) is 20.2. The van der Waals surface area contributed by atoms with Crippen molar-refractivity contribution in [3.63, 3.8) is 0 Å². The molecule has 7 aromatic rings. The molecule has 0 saturated carbocycles. The van der Waals surface area contributed by atoms with Gasteiger partial charge in [-0.3, -0.25) is 15.1 Å². The molecule has 6 aromatic heterocycles. The van der Waals surface area contributed by atoms with Crippen molar-refractivity contribution in [2.45, 2.75) is 6.61 Å². The molecular formula is C30H21N7O. The molecule has 1 aromatic carbocycles. The number of rotatable bonds is 6. The molecule has 0 unspecified atom stereocenters. The topological polar surface area (TPSA) is 105 Å². The van der Waals surface area contributed by atoms with E-state index < -0.39 is 0 Å². The second-order valence-electron chi connectivity index (χ2n) is 8.89. The highest BCUT2D eigenvalue weighted by Gasteiger charge is 2.16. The summed E-state index contributed by atoms with van der Waals surface area (Å²) in [5.74, 6) is 0.697. The van der Waals surface area contributed by atoms with Crippen LogP contribution in [-0.4, -0.2) is 35.1 Å². The molecule has 0 fully saturated rings. The Bertz CT molecular complexity index is 1880. The number of aromatic amines is 2. The van der Waals surface area contributed by atoms with Gasteiger partial charge >= 0.3 is 0 Å². The number of fused-ring (bicyclic) bond motifs is 2. The summed E-state index contributed by atoms with van der Waals surface area (Å²) in [7, 11) is 0. The predicted molar refractivity (Wildman–Crippen MR) is 146 cm³/mol. The number of nitrogens with one attached hydrogen (secondary N) is 2. The predicted octanol–water partition coefficient (Wildman–Crippen LogP) is 6.20. The first-order chi connectivity index (χ1) is 18.8. The van der Waals surface area contributed by atoms with Crippen LogP contribution in [-0.2, 0) is 6.61 Å². The monoisotopic (exact) mass is 495 g/mol. The lowest BCUT2D eigenvalue weighted by Crippen LogP contribution is -1.96. The number of hydrogen-bond acceptors (Lipinski definition) is 6. The van der Waals surface area contributed by atoms with Crippen molar-refractivity contribution in [3.05, 3.63) is 109 Å². The van der Waals surface area contributed by atoms with Crippen molar-refractivity contribution in [2.75, 3.05) is 0 Å². The fraction of sp³-hybridized carbons (Fsp3) is 0.0333. The van der Waals surface area contributed by atoms with Crippen LogP contribution in [0.25, 0.3) is 55.8 Å². The summed E-state index contributed by atoms with van der Waals surface area (Å²) in [6.45, 7) is 0.476. The van der Waals surface area contributed by atoms with Crippen LogP contribution in [0.5, 0.6) is 5.75 Å². The van der Waals surface area contributed by atoms with Gasteiger partial charge in [-0.1, -0.05) is 36.4 Å². The summed E-state index contributed by atoms with van der Waals surface area (Å²) in [6.07, 6.45) is 8.92. The van der Waals surface area contributed by atoms with E-state index in [2.05, 4.69) is 47.2 Å². The number of aromatic nitrogens is 7. The minimum absolute atomic E-state index is 0.476. The number of H-pyrrole nitrogens is 2. The molecule has 0 aliphatic rings. The number of pyridine rings is 4. The maximum atomic E-state index is 5.98. The van der Waals surface area contributed by atoms with Crippen LogP contribution in [0.15, 0.2) is 104 Å². The molecule has 0 aliphatic carbocycles. The normalized spacial score (nSPS) is 11.3. The molecule has 0 bridgehead atoms. The van der Waals surface area contributed by atoms with E-state index in [-0.39, 0.29) is 0 Å². The molecule has 0 atom stereocenters. The van der Waals surface area contributed by atoms with E-state index in [0.29, 0.717) is 18.0 Å². The molecule has 0 spiro atoms. The first-order valence-corrected chi connectivity index (χ1v) is 12.2. The minimum Gasteiger partial charge on any atom is -0.487 e. The van der Waals surface area contributed by atoms with E-state index in [1.807, 2.05) is 73.1 Å². The average molecular weight is 496 g/mol. The molecule has 0 radical (unpaired) electrons. The minimum atomic E-state index is 0.476. The smallest absolute Gasteiger partial charge is 0.155 e. The lowest BCUT2D eigenvalue weighted by Gasteiger charge is -2.08. The van der Waals surface area contributed by atoms with Gasteiger partial charge in [0, 0.05) is 52.3 Å². The summed E-state index contributed by atoms with van der Waals surface area (Å²) < 4.78 is 5.98. The lowest BCUT2D eigenvalue weighted by atomic mass is 10.1. The first kappa shape index (κ1) is 21.9. The van der Waals surface area contributed by atoms with Crippen LogP contribution in [0.1, 0.15) is 5.56 Å². The van der Waals surface area contributed by atoms with Gasteiger partial charge < -0.3 is 9.72 Å². The Morgan fingerprint density at radius 3 is 2.50 bits per heavy atom. The van der Waals surface area contributed by atoms with Gasteiger partial charge in [-0.05, 0) is 42.0 Å². The Morgan fingerprint density at radius 1 is 0.711 bits per heavy atom. The molecule has 0 aliphatic heterocycles. The molecular weight excluding hydrogens is 474 g/mol. The first-order valence-electron chi connectivity index (χ1n) is 12.2. The summed E-state index contributed by atoms with van der Waals surface area (Å²) >= 11 is 0. The Balaban J connectivity index is 1.24. The molecule has 8 heteroatoms. The van der Waals surface area contributed by atoms with E-state index in [1.165, 1.54) is 0 Å². The van der Waals surface area contributed by atoms with Gasteiger partial charge in [-0.2, -0.15) is 5.10 Å². The van der Waals surface area contributed by atoms with Crippen molar-refractivity contribution in [1.82, 2.24) is 35.1 Å². The molecule has 0 amide bonds. The van der Waals surface area contributed by atoms with Crippen LogP contribution in [0.2, 0.25) is 0 Å². The summed E-state index contributed by atoms with van der Waals surface area (Å²) in [5.41, 5.74) is 7.92. The van der Waals surface area contributed by atoms with Crippen LogP contribution in [0.3, 0.4) is 0 Å². The van der Waals surface area contributed by atoms with Gasteiger partial charge in [0.2, 0.25) is 0 Å². The Morgan fingerprint density at radius 2 is 1.61 bits per heavy atom. The Hall–Kier alpha value is -5.37. The highest BCUT2D eigenvalue weighted by atomic mass is 16.5. The fourth-order valence-electron chi connectivity index (χ4n) is 4.56. The molecule has 0 saturated heterocycles. The van der Waals surface area contributed by atoms with Crippen molar-refractivity contribution >= 4 is 22.1 Å². The fourth-order valence-corrected chi connectivity index (χ4v) is 4.56. The van der Waals surface area contributed by atoms with Crippen LogP contribution >= 0.6 is 0 Å². The van der Waals surface area contributed by atoms with Gasteiger partial charge in [-0.25, -0.2) is 9.97 Å². The summed E-state index contributed by atoms with van der Waals surface area (Å²) in [4.78, 5) is 21.5. The van der Waals surface area contributed by atoms with Gasteiger partial charge in [0.15, 0.2) is 5.65 Å². The SMILES string of the molecule is c1ccc(COc2cncc(-c3cnc4[nH]nc(-c5cc6c(-c7ccccn7)ccnc6[nH]5)c4c3)c2)cc1. The highest BCUT2D eigenvalue weighted by molar-refractivity contribution is 5.99. The third-order valence-corrected chi connectivity index (χ3v) is 6.44. The van der Waals surface area contributed by atoms with Crippen molar-refractivity contribution in [1.29, 1.82) is 0 Å². The Kier molecular flexibility index (Phi) is 5.33. The largest absolute Gasteiger partial charge is 0.487 e. The van der Waals surface area contributed by atoms with E-state index in [0.717, 1.165) is 55.8 Å². The quantitative estimate of drug-likeness (QED) is 0.284. The van der Waals surface area contributed by atoms with Crippen LogP contribution in [0.4, 0.5) is 0 Å². The Labute approximate surface area is 217 Å². The highest BCUT2D eigenvalue weighted by Crippen LogP contribution is 2.33. The van der Waals surface area contributed by atoms with Crippen molar-refractivity contribution in [3.8, 4) is 39.5 Å². The maximum absolute atomic E-state index is 5.98. The van der Waals surface area contributed by atoms with Crippen LogP contribution < -0.4 is 4.74 Å². The number of benzene rings is 1. The zero-order chi connectivity index (χ0) is 25.3. The molecule has 38 heavy (non-hydrogen) atoms. The summed E-state index contributed by atoms with van der Waals surface area (Å²) in [5, 5.41) is 9.50. The van der Waals surface area contributed by atoms with Gasteiger partial charge in [0.1, 0.15) is 23.7 Å². The third-order valence-electron chi connectivity index (χ3n) is 6.44. The van der Waals surface area contributed by atoms with E-state index in [1.54, 1.807) is 18.6 Å². The number of nitrogens with zero attached hydrogens (tertiary/aromatic N) is 5. The molecule has 6 heterocycles.